The van der Waals surface area contributed by atoms with Crippen molar-refractivity contribution in [3.63, 3.8) is 0 Å². The molecule has 0 aromatic rings. The number of hydrogen-bond donors (Lipinski definition) is 2. The van der Waals surface area contributed by atoms with Crippen LogP contribution in [0.15, 0.2) is 23.8 Å². The number of rotatable bonds is 5. The van der Waals surface area contributed by atoms with Gasteiger partial charge < -0.3 is 14.9 Å². The number of aliphatic hydroxyl groups is 2. The normalized spacial score (nSPS) is 46.3. The molecule has 0 aliphatic heterocycles. The Morgan fingerprint density at radius 3 is 2.56 bits per heavy atom. The van der Waals surface area contributed by atoms with Crippen LogP contribution < -0.4 is 0 Å². The van der Waals surface area contributed by atoms with Crippen LogP contribution in [0, 0.1) is 28.6 Å². The molecule has 10 heteroatoms. The van der Waals surface area contributed by atoms with E-state index in [2.05, 4.69) is 0 Å². The second kappa shape index (κ2) is 8.98. The van der Waals surface area contributed by atoms with E-state index in [1.54, 1.807) is 13.8 Å². The molecule has 1 unspecified atom stereocenters. The first-order chi connectivity index (χ1) is 16.7. The van der Waals surface area contributed by atoms with Gasteiger partial charge in [0.15, 0.2) is 17.1 Å². The second-order valence-electron chi connectivity index (χ2n) is 11.3. The van der Waals surface area contributed by atoms with Gasteiger partial charge in [-0.1, -0.05) is 19.9 Å². The molecule has 4 aliphatic carbocycles. The van der Waals surface area contributed by atoms with E-state index >= 15 is 8.78 Å². The van der Waals surface area contributed by atoms with Gasteiger partial charge in [-0.15, -0.1) is 0 Å². The van der Waals surface area contributed by atoms with Gasteiger partial charge in [0.25, 0.3) is 0 Å². The van der Waals surface area contributed by atoms with Crippen LogP contribution in [0.1, 0.15) is 53.4 Å². The molecule has 4 rings (SSSR count). The van der Waals surface area contributed by atoms with Crippen molar-refractivity contribution in [1.82, 2.24) is 0 Å². The summed E-state index contributed by atoms with van der Waals surface area (Å²) in [6, 6.07) is -1.07. The highest BCUT2D eigenvalue weighted by Crippen LogP contribution is 2.72. The van der Waals surface area contributed by atoms with Crippen LogP contribution in [0.3, 0.4) is 0 Å². The maximum absolute atomic E-state index is 17.3. The number of fused-ring (bicyclic) bond motifs is 5. The fourth-order valence-corrected chi connectivity index (χ4v) is 8.63. The fraction of sp³-hybridized carbons (Fsp3) is 0.731. The Morgan fingerprint density at radius 1 is 1.28 bits per heavy atom. The van der Waals surface area contributed by atoms with E-state index < -0.39 is 87.5 Å². The average Bonchev–Trinajstić information content (AvgIpc) is 2.99. The zero-order chi connectivity index (χ0) is 26.8. The smallest absolute Gasteiger partial charge is 0.309 e. The summed E-state index contributed by atoms with van der Waals surface area (Å²) in [5.74, 6) is -3.75. The number of ketones is 1. The molecule has 3 fully saturated rings. The van der Waals surface area contributed by atoms with Crippen LogP contribution in [0.25, 0.3) is 0 Å². The summed E-state index contributed by atoms with van der Waals surface area (Å²) in [7, 11) is 0. The lowest BCUT2D eigenvalue weighted by molar-refractivity contribution is -0.229. The Labute approximate surface area is 212 Å². The molecule has 2 N–H and O–H groups in total. The minimum absolute atomic E-state index is 0.0128. The Balaban J connectivity index is 1.84. The molecule has 0 aromatic heterocycles. The molecule has 0 heterocycles. The topological polar surface area (TPSA) is 101 Å². The van der Waals surface area contributed by atoms with Crippen LogP contribution in [-0.2, 0) is 19.1 Å². The number of alkyl halides is 3. The molecule has 0 aromatic carbocycles. The van der Waals surface area contributed by atoms with Crippen molar-refractivity contribution in [2.75, 3.05) is 6.01 Å². The minimum Gasteiger partial charge on any atom is -0.449 e. The highest BCUT2D eigenvalue weighted by atomic mass is 32.2. The molecule has 10 atom stereocenters. The molecule has 4 aliphatic rings. The van der Waals surface area contributed by atoms with E-state index in [-0.39, 0.29) is 24.8 Å². The Hall–Kier alpha value is -1.65. The number of ether oxygens (including phenoxy) is 1. The Morgan fingerprint density at radius 2 is 1.94 bits per heavy atom. The highest BCUT2D eigenvalue weighted by Gasteiger charge is 2.78. The van der Waals surface area contributed by atoms with E-state index in [1.807, 2.05) is 0 Å². The number of thioether (sulfide) groups is 1. The van der Waals surface area contributed by atoms with Crippen molar-refractivity contribution in [3.8, 4) is 0 Å². The second-order valence-corrected chi connectivity index (χ2v) is 12.2. The predicted octanol–water partition coefficient (Wildman–Crippen LogP) is 3.79. The molecule has 0 radical (unpaired) electrons. The monoisotopic (exact) mass is 530 g/mol. The minimum atomic E-state index is -2.35. The average molecular weight is 531 g/mol. The van der Waals surface area contributed by atoms with E-state index in [4.69, 9.17) is 4.74 Å². The number of carbonyl (C=O) groups is 3. The zero-order valence-electron chi connectivity index (χ0n) is 20.8. The number of aliphatic hydroxyl groups excluding tert-OH is 2. The predicted molar refractivity (Wildman–Crippen MR) is 127 cm³/mol. The van der Waals surface area contributed by atoms with Crippen LogP contribution in [0.2, 0.25) is 0 Å². The fourth-order valence-electron chi connectivity index (χ4n) is 7.84. The van der Waals surface area contributed by atoms with E-state index in [1.165, 1.54) is 26.0 Å². The van der Waals surface area contributed by atoms with Gasteiger partial charge in [-0.05, 0) is 68.5 Å². The van der Waals surface area contributed by atoms with Crippen molar-refractivity contribution in [2.45, 2.75) is 83.0 Å². The summed E-state index contributed by atoms with van der Waals surface area (Å²) in [5, 5.41) is 20.4. The third-order valence-electron chi connectivity index (χ3n) is 9.39. The molecule has 36 heavy (non-hydrogen) atoms. The number of halogens is 3. The number of esters is 1. The molecule has 0 bridgehead atoms. The Bertz CT molecular complexity index is 1030. The summed E-state index contributed by atoms with van der Waals surface area (Å²) in [6.07, 6.45) is -1.60. The van der Waals surface area contributed by atoms with Crippen LogP contribution in [0.5, 0.6) is 0 Å². The maximum Gasteiger partial charge on any atom is 0.309 e. The van der Waals surface area contributed by atoms with Crippen molar-refractivity contribution < 1.29 is 42.5 Å². The number of hydrogen-bond acceptors (Lipinski definition) is 7. The van der Waals surface area contributed by atoms with Gasteiger partial charge in [-0.3, -0.25) is 14.4 Å². The molecule has 0 amide bonds. The third kappa shape index (κ3) is 3.50. The van der Waals surface area contributed by atoms with Gasteiger partial charge in [-0.2, -0.15) is 0 Å². The summed E-state index contributed by atoms with van der Waals surface area (Å²) in [4.78, 5) is 38.2. The van der Waals surface area contributed by atoms with Gasteiger partial charge >= 0.3 is 5.97 Å². The molecule has 6 nitrogen and oxygen atoms in total. The largest absolute Gasteiger partial charge is 0.449 e. The Kier molecular flexibility index (Phi) is 6.83. The van der Waals surface area contributed by atoms with Crippen molar-refractivity contribution in [3.05, 3.63) is 23.8 Å². The van der Waals surface area contributed by atoms with Gasteiger partial charge in [0.05, 0.1) is 18.6 Å². The molecule has 200 valence electrons. The van der Waals surface area contributed by atoms with Gasteiger partial charge in [-0.25, -0.2) is 13.2 Å². The van der Waals surface area contributed by atoms with E-state index in [0.717, 1.165) is 6.08 Å². The van der Waals surface area contributed by atoms with Crippen molar-refractivity contribution in [2.24, 2.45) is 28.6 Å². The summed E-state index contributed by atoms with van der Waals surface area (Å²) in [5.41, 5.74) is -7.17. The lowest BCUT2D eigenvalue weighted by Gasteiger charge is -2.63. The van der Waals surface area contributed by atoms with Gasteiger partial charge in [0.1, 0.15) is 12.2 Å². The van der Waals surface area contributed by atoms with Crippen LogP contribution in [0.4, 0.5) is 13.2 Å². The van der Waals surface area contributed by atoms with Gasteiger partial charge in [0.2, 0.25) is 5.12 Å². The number of carbonyl (C=O) groups excluding carboxylic acids is 3. The number of allylic oxidation sites excluding steroid dienone is 4. The highest BCUT2D eigenvalue weighted by molar-refractivity contribution is 8.13. The lowest BCUT2D eigenvalue weighted by atomic mass is 9.44. The SMILES string of the molecule is CC(O)CC(=O)O[C@]1(C(=O)SCF)[C@H](C)C[C@H]2[C@@H]3C[C@H](F)C4=CC(=O)C=C[C@]4(C)[C@@]3(F)[C@@H](O)C[C@@]21C. The summed E-state index contributed by atoms with van der Waals surface area (Å²) in [6.45, 7) is 6.14. The van der Waals surface area contributed by atoms with Crippen molar-refractivity contribution in [1.29, 1.82) is 0 Å². The zero-order valence-corrected chi connectivity index (χ0v) is 21.6. The van der Waals surface area contributed by atoms with Gasteiger partial charge in [0, 0.05) is 22.7 Å². The third-order valence-corrected chi connectivity index (χ3v) is 10.1. The molecule has 0 spiro atoms. The molecular formula is C26H33F3O6S. The lowest BCUT2D eigenvalue weighted by Crippen LogP contribution is -2.70. The first-order valence-corrected chi connectivity index (χ1v) is 13.3. The van der Waals surface area contributed by atoms with Crippen LogP contribution in [-0.4, -0.2) is 62.7 Å². The summed E-state index contributed by atoms with van der Waals surface area (Å²) < 4.78 is 52.1. The quantitative estimate of drug-likeness (QED) is 0.522. The van der Waals surface area contributed by atoms with Crippen LogP contribution >= 0.6 is 11.8 Å². The summed E-state index contributed by atoms with van der Waals surface area (Å²) >= 11 is 0.342. The van der Waals surface area contributed by atoms with Crippen molar-refractivity contribution >= 4 is 28.6 Å². The molecular weight excluding hydrogens is 497 g/mol. The standard InChI is InChI=1S/C26H33F3O6S/c1-13-7-16-17-10-19(28)18-9-15(31)5-6-23(18,3)25(17,29)20(32)11-24(16,4)26(13,22(34)36-12-27)35-21(33)8-14(2)30/h5-6,9,13-14,16-17,19-20,30,32H,7-8,10-12H2,1-4H3/t13-,14?,16+,17+,19+,20+,23+,24+,25+,26+/m1/s1. The van der Waals surface area contributed by atoms with E-state index in [0.29, 0.717) is 11.8 Å². The molecule has 0 saturated heterocycles. The van der Waals surface area contributed by atoms with E-state index in [9.17, 15) is 29.0 Å². The maximum atomic E-state index is 17.3. The first-order valence-electron chi connectivity index (χ1n) is 12.3. The first kappa shape index (κ1) is 27.4. The molecule has 3 saturated carbocycles.